The number of methoxy groups -OCH3 is 1. The monoisotopic (exact) mass is 263 g/mol. The van der Waals surface area contributed by atoms with Crippen LogP contribution in [0.5, 0.6) is 5.75 Å². The fourth-order valence-electron chi connectivity index (χ4n) is 1.91. The van der Waals surface area contributed by atoms with Crippen LogP contribution in [0.15, 0.2) is 24.3 Å². The Morgan fingerprint density at radius 1 is 1.47 bits per heavy atom. The summed E-state index contributed by atoms with van der Waals surface area (Å²) in [6, 6.07) is 6.82. The molecule has 6 nitrogen and oxygen atoms in total. The van der Waals surface area contributed by atoms with Crippen LogP contribution < -0.4 is 20.7 Å². The Kier molecular flexibility index (Phi) is 4.22. The van der Waals surface area contributed by atoms with Crippen molar-refractivity contribution >= 4 is 17.6 Å². The lowest BCUT2D eigenvalue weighted by Crippen LogP contribution is -2.48. The van der Waals surface area contributed by atoms with Crippen molar-refractivity contribution in [3.8, 4) is 5.75 Å². The first-order valence-corrected chi connectivity index (χ1v) is 6.15. The molecule has 1 aromatic rings. The zero-order valence-corrected chi connectivity index (χ0v) is 10.7. The van der Waals surface area contributed by atoms with Crippen molar-refractivity contribution in [3.05, 3.63) is 24.3 Å². The second-order valence-corrected chi connectivity index (χ2v) is 4.37. The minimum atomic E-state index is -0.283. The summed E-state index contributed by atoms with van der Waals surface area (Å²) < 4.78 is 5.08. The average molecular weight is 263 g/mol. The van der Waals surface area contributed by atoms with Crippen LogP contribution in [0.2, 0.25) is 0 Å². The van der Waals surface area contributed by atoms with E-state index in [1.54, 1.807) is 31.4 Å². The van der Waals surface area contributed by atoms with Gasteiger partial charge in [-0.15, -0.1) is 0 Å². The van der Waals surface area contributed by atoms with Gasteiger partial charge in [0.1, 0.15) is 5.75 Å². The maximum Gasteiger partial charge on any atom is 0.319 e. The number of carbonyl (C=O) groups is 2. The third kappa shape index (κ3) is 3.87. The highest BCUT2D eigenvalue weighted by atomic mass is 16.5. The Balaban J connectivity index is 1.85. The van der Waals surface area contributed by atoms with E-state index < -0.39 is 0 Å². The van der Waals surface area contributed by atoms with Gasteiger partial charge in [0.15, 0.2) is 0 Å². The average Bonchev–Trinajstić information content (AvgIpc) is 2.41. The molecule has 1 heterocycles. The number of ether oxygens (including phenoxy) is 1. The molecule has 0 aliphatic carbocycles. The third-order valence-corrected chi connectivity index (χ3v) is 2.93. The van der Waals surface area contributed by atoms with Gasteiger partial charge in [-0.25, -0.2) is 4.79 Å². The van der Waals surface area contributed by atoms with Gasteiger partial charge in [-0.2, -0.15) is 0 Å². The highest BCUT2D eigenvalue weighted by molar-refractivity contribution is 5.89. The van der Waals surface area contributed by atoms with E-state index in [4.69, 9.17) is 4.74 Å². The van der Waals surface area contributed by atoms with E-state index in [-0.39, 0.29) is 18.0 Å². The van der Waals surface area contributed by atoms with Gasteiger partial charge in [0.25, 0.3) is 0 Å². The second kappa shape index (κ2) is 6.08. The predicted molar refractivity (Wildman–Crippen MR) is 71.2 cm³/mol. The lowest BCUT2D eigenvalue weighted by molar-refractivity contribution is -0.122. The van der Waals surface area contributed by atoms with Crippen molar-refractivity contribution in [1.29, 1.82) is 0 Å². The molecule has 2 rings (SSSR count). The van der Waals surface area contributed by atoms with Crippen LogP contribution in [0.25, 0.3) is 0 Å². The van der Waals surface area contributed by atoms with Crippen LogP contribution in [-0.2, 0) is 4.79 Å². The number of urea groups is 1. The van der Waals surface area contributed by atoms with Gasteiger partial charge in [-0.3, -0.25) is 4.79 Å². The third-order valence-electron chi connectivity index (χ3n) is 2.93. The van der Waals surface area contributed by atoms with Crippen LogP contribution >= 0.6 is 0 Å². The van der Waals surface area contributed by atoms with Gasteiger partial charge < -0.3 is 20.7 Å². The standard InChI is InChI=1S/C13H17N3O3/c1-19-11-4-2-3-9(7-11)15-13(18)16-10-5-6-12(17)14-8-10/h2-4,7,10H,5-6,8H2,1H3,(H,14,17)(H2,15,16,18)/t10-/m0/s1. The molecule has 3 N–H and O–H groups in total. The maximum absolute atomic E-state index is 11.8. The molecule has 1 fully saturated rings. The van der Waals surface area contributed by atoms with E-state index in [0.717, 1.165) is 0 Å². The summed E-state index contributed by atoms with van der Waals surface area (Å²) >= 11 is 0. The van der Waals surface area contributed by atoms with E-state index >= 15 is 0 Å². The van der Waals surface area contributed by atoms with Gasteiger partial charge >= 0.3 is 6.03 Å². The molecule has 0 bridgehead atoms. The molecule has 1 saturated heterocycles. The summed E-state index contributed by atoms with van der Waals surface area (Å²) in [4.78, 5) is 22.8. The van der Waals surface area contributed by atoms with E-state index in [0.29, 0.717) is 30.8 Å². The van der Waals surface area contributed by atoms with Crippen molar-refractivity contribution in [2.45, 2.75) is 18.9 Å². The zero-order chi connectivity index (χ0) is 13.7. The molecular formula is C13H17N3O3. The Bertz CT molecular complexity index is 466. The molecule has 1 aliphatic rings. The molecular weight excluding hydrogens is 246 g/mol. The van der Waals surface area contributed by atoms with E-state index in [1.165, 1.54) is 0 Å². The number of rotatable bonds is 3. The lowest BCUT2D eigenvalue weighted by Gasteiger charge is -2.23. The normalized spacial score (nSPS) is 18.4. The highest BCUT2D eigenvalue weighted by Crippen LogP contribution is 2.16. The van der Waals surface area contributed by atoms with Crippen LogP contribution in [0.3, 0.4) is 0 Å². The Labute approximate surface area is 111 Å². The summed E-state index contributed by atoms with van der Waals surface area (Å²) in [7, 11) is 1.57. The predicted octanol–water partition coefficient (Wildman–Crippen LogP) is 1.10. The topological polar surface area (TPSA) is 79.5 Å². The summed E-state index contributed by atoms with van der Waals surface area (Å²) in [5, 5.41) is 8.27. The first-order valence-electron chi connectivity index (χ1n) is 6.15. The van der Waals surface area contributed by atoms with Gasteiger partial charge in [-0.1, -0.05) is 6.07 Å². The maximum atomic E-state index is 11.8. The highest BCUT2D eigenvalue weighted by Gasteiger charge is 2.19. The van der Waals surface area contributed by atoms with Crippen molar-refractivity contribution in [2.75, 3.05) is 19.0 Å². The first-order chi connectivity index (χ1) is 9.17. The number of piperidine rings is 1. The number of hydrogen-bond acceptors (Lipinski definition) is 3. The number of carbonyl (C=O) groups excluding carboxylic acids is 2. The molecule has 0 aromatic heterocycles. The first kappa shape index (κ1) is 13.2. The molecule has 1 aliphatic heterocycles. The van der Waals surface area contributed by atoms with E-state index in [1.807, 2.05) is 0 Å². The fourth-order valence-corrected chi connectivity index (χ4v) is 1.91. The number of anilines is 1. The van der Waals surface area contributed by atoms with Crippen LogP contribution in [0.1, 0.15) is 12.8 Å². The Morgan fingerprint density at radius 3 is 3.00 bits per heavy atom. The van der Waals surface area contributed by atoms with Crippen molar-refractivity contribution in [2.24, 2.45) is 0 Å². The summed E-state index contributed by atoms with van der Waals surface area (Å²) in [5.41, 5.74) is 0.664. The zero-order valence-electron chi connectivity index (χ0n) is 10.7. The van der Waals surface area contributed by atoms with Crippen molar-refractivity contribution in [1.82, 2.24) is 10.6 Å². The van der Waals surface area contributed by atoms with Gasteiger partial charge in [-0.05, 0) is 18.6 Å². The molecule has 1 aromatic carbocycles. The lowest BCUT2D eigenvalue weighted by atomic mass is 10.1. The van der Waals surface area contributed by atoms with Crippen LogP contribution in [-0.4, -0.2) is 31.6 Å². The minimum absolute atomic E-state index is 0.0247. The molecule has 0 saturated carbocycles. The summed E-state index contributed by atoms with van der Waals surface area (Å²) in [6.45, 7) is 0.477. The molecule has 0 spiro atoms. The molecule has 6 heteroatoms. The van der Waals surface area contributed by atoms with Crippen LogP contribution in [0.4, 0.5) is 10.5 Å². The van der Waals surface area contributed by atoms with Crippen LogP contribution in [0, 0.1) is 0 Å². The van der Waals surface area contributed by atoms with E-state index in [2.05, 4.69) is 16.0 Å². The molecule has 0 radical (unpaired) electrons. The molecule has 19 heavy (non-hydrogen) atoms. The van der Waals surface area contributed by atoms with Gasteiger partial charge in [0, 0.05) is 30.8 Å². The van der Waals surface area contributed by atoms with Crippen molar-refractivity contribution < 1.29 is 14.3 Å². The smallest absolute Gasteiger partial charge is 0.319 e. The fraction of sp³-hybridized carbons (Fsp3) is 0.385. The van der Waals surface area contributed by atoms with Gasteiger partial charge in [0.05, 0.1) is 7.11 Å². The summed E-state index contributed by atoms with van der Waals surface area (Å²) in [5.74, 6) is 0.717. The molecule has 3 amide bonds. The molecule has 0 unspecified atom stereocenters. The minimum Gasteiger partial charge on any atom is -0.497 e. The number of nitrogens with one attached hydrogen (secondary N) is 3. The van der Waals surface area contributed by atoms with Gasteiger partial charge in [0.2, 0.25) is 5.91 Å². The Morgan fingerprint density at radius 2 is 2.32 bits per heavy atom. The SMILES string of the molecule is COc1cccc(NC(=O)N[C@H]2CCC(=O)NC2)c1. The quantitative estimate of drug-likeness (QED) is 0.764. The second-order valence-electron chi connectivity index (χ2n) is 4.37. The van der Waals surface area contributed by atoms with Crippen molar-refractivity contribution in [3.63, 3.8) is 0 Å². The molecule has 102 valence electrons. The number of amides is 3. The Hall–Kier alpha value is -2.24. The number of benzene rings is 1. The largest absolute Gasteiger partial charge is 0.497 e. The number of hydrogen-bond donors (Lipinski definition) is 3. The summed E-state index contributed by atoms with van der Waals surface area (Å²) in [6.07, 6.45) is 1.11. The molecule has 1 atom stereocenters. The van der Waals surface area contributed by atoms with E-state index in [9.17, 15) is 9.59 Å².